The molecule has 2 aromatic carbocycles. The molecule has 1 aliphatic rings. The normalized spacial score (nSPS) is 27.1. The van der Waals surface area contributed by atoms with Crippen molar-refractivity contribution in [2.45, 2.75) is 24.2 Å². The SMILES string of the molecule is O=C(O)[C@H]1C[C@](O)(c2ccc(Cl)cc2)[C@@H](c2ccc(Cl)cc2)O1. The van der Waals surface area contributed by atoms with Crippen LogP contribution in [0.2, 0.25) is 10.0 Å². The van der Waals surface area contributed by atoms with Gasteiger partial charge in [0.25, 0.3) is 0 Å². The van der Waals surface area contributed by atoms with E-state index in [9.17, 15) is 15.0 Å². The van der Waals surface area contributed by atoms with Gasteiger partial charge in [-0.25, -0.2) is 4.79 Å². The van der Waals surface area contributed by atoms with Gasteiger partial charge in [0.1, 0.15) is 11.7 Å². The molecule has 1 fully saturated rings. The lowest BCUT2D eigenvalue weighted by Crippen LogP contribution is -2.30. The molecule has 0 bridgehead atoms. The van der Waals surface area contributed by atoms with Gasteiger partial charge in [-0.1, -0.05) is 47.5 Å². The van der Waals surface area contributed by atoms with Gasteiger partial charge in [-0.3, -0.25) is 0 Å². The van der Waals surface area contributed by atoms with Gasteiger partial charge >= 0.3 is 5.97 Å². The molecule has 2 aromatic rings. The summed E-state index contributed by atoms with van der Waals surface area (Å²) in [5.41, 5.74) is -0.234. The Morgan fingerprint density at radius 3 is 2.09 bits per heavy atom. The first-order valence-corrected chi connectivity index (χ1v) is 7.78. The molecular formula is C17H14Cl2O4. The Hall–Kier alpha value is -1.59. The molecule has 2 N–H and O–H groups in total. The van der Waals surface area contributed by atoms with Crippen LogP contribution in [0.25, 0.3) is 0 Å². The summed E-state index contributed by atoms with van der Waals surface area (Å²) in [5.74, 6) is -1.10. The number of hydrogen-bond acceptors (Lipinski definition) is 3. The Labute approximate surface area is 143 Å². The van der Waals surface area contributed by atoms with Crippen LogP contribution in [0.1, 0.15) is 23.7 Å². The number of halogens is 2. The molecule has 1 saturated heterocycles. The molecular weight excluding hydrogens is 339 g/mol. The summed E-state index contributed by atoms with van der Waals surface area (Å²) in [4.78, 5) is 11.3. The van der Waals surface area contributed by atoms with E-state index in [1.807, 2.05) is 0 Å². The third-order valence-electron chi connectivity index (χ3n) is 4.02. The van der Waals surface area contributed by atoms with Crippen LogP contribution in [0.4, 0.5) is 0 Å². The van der Waals surface area contributed by atoms with Crippen LogP contribution in [0.15, 0.2) is 48.5 Å². The number of carboxylic acids is 1. The molecule has 4 nitrogen and oxygen atoms in total. The Bertz CT molecular complexity index is 714. The number of benzene rings is 2. The second-order valence-electron chi connectivity index (χ2n) is 5.53. The summed E-state index contributed by atoms with van der Waals surface area (Å²) in [6.07, 6.45) is -1.93. The van der Waals surface area contributed by atoms with Crippen LogP contribution < -0.4 is 0 Å². The lowest BCUT2D eigenvalue weighted by atomic mass is 9.83. The van der Waals surface area contributed by atoms with E-state index in [4.69, 9.17) is 27.9 Å². The van der Waals surface area contributed by atoms with Crippen LogP contribution in [0.5, 0.6) is 0 Å². The van der Waals surface area contributed by atoms with Gasteiger partial charge in [0, 0.05) is 16.5 Å². The first-order chi connectivity index (χ1) is 10.9. The number of rotatable bonds is 3. The highest BCUT2D eigenvalue weighted by molar-refractivity contribution is 6.30. The summed E-state index contributed by atoms with van der Waals surface area (Å²) in [5, 5.41) is 21.5. The van der Waals surface area contributed by atoms with Gasteiger partial charge in [-0.05, 0) is 35.4 Å². The monoisotopic (exact) mass is 352 g/mol. The maximum Gasteiger partial charge on any atom is 0.332 e. The third kappa shape index (κ3) is 3.08. The van der Waals surface area contributed by atoms with Crippen LogP contribution >= 0.6 is 23.2 Å². The number of hydrogen-bond donors (Lipinski definition) is 2. The molecule has 0 radical (unpaired) electrons. The molecule has 120 valence electrons. The number of aliphatic hydroxyl groups is 1. The predicted molar refractivity (Wildman–Crippen MR) is 86.7 cm³/mol. The molecule has 0 amide bonds. The summed E-state index contributed by atoms with van der Waals surface area (Å²) in [6, 6.07) is 13.5. The molecule has 0 aromatic heterocycles. The predicted octanol–water partition coefficient (Wildman–Crippen LogP) is 3.80. The molecule has 1 aliphatic heterocycles. The zero-order chi connectivity index (χ0) is 16.6. The molecule has 0 aliphatic carbocycles. The standard InChI is InChI=1S/C17H14Cl2O4/c18-12-5-1-10(2-6-12)15-17(22,9-14(23-15)16(20)21)11-3-7-13(19)8-4-11/h1-8,14-15,22H,9H2,(H,20,21)/t14-,15-,17+/m1/s1. The van der Waals surface area contributed by atoms with Crippen molar-refractivity contribution in [2.24, 2.45) is 0 Å². The van der Waals surface area contributed by atoms with Gasteiger partial charge in [0.05, 0.1) is 0 Å². The molecule has 0 unspecified atom stereocenters. The maximum atomic E-state index is 11.3. The highest BCUT2D eigenvalue weighted by Gasteiger charge is 2.51. The van der Waals surface area contributed by atoms with Gasteiger partial charge in [0.2, 0.25) is 0 Å². The Kier molecular flexibility index (Phi) is 4.34. The molecule has 0 saturated carbocycles. The largest absolute Gasteiger partial charge is 0.479 e. The fourth-order valence-electron chi connectivity index (χ4n) is 2.86. The van der Waals surface area contributed by atoms with Gasteiger partial charge in [0.15, 0.2) is 6.10 Å². The summed E-state index contributed by atoms with van der Waals surface area (Å²) < 4.78 is 5.62. The van der Waals surface area contributed by atoms with Crippen molar-refractivity contribution >= 4 is 29.2 Å². The zero-order valence-corrected chi connectivity index (χ0v) is 13.5. The van der Waals surface area contributed by atoms with Crippen molar-refractivity contribution in [1.82, 2.24) is 0 Å². The van der Waals surface area contributed by atoms with Crippen LogP contribution in [0.3, 0.4) is 0 Å². The van der Waals surface area contributed by atoms with Gasteiger partial charge in [-0.15, -0.1) is 0 Å². The van der Waals surface area contributed by atoms with Crippen molar-refractivity contribution in [3.63, 3.8) is 0 Å². The van der Waals surface area contributed by atoms with Crippen molar-refractivity contribution in [1.29, 1.82) is 0 Å². The van der Waals surface area contributed by atoms with Crippen molar-refractivity contribution in [3.8, 4) is 0 Å². The minimum absolute atomic E-state index is 0.0444. The van der Waals surface area contributed by atoms with Crippen LogP contribution in [-0.4, -0.2) is 22.3 Å². The fraction of sp³-hybridized carbons (Fsp3) is 0.235. The molecule has 1 heterocycles. The summed E-state index contributed by atoms with van der Waals surface area (Å²) in [6.45, 7) is 0. The Morgan fingerprint density at radius 1 is 1.04 bits per heavy atom. The van der Waals surface area contributed by atoms with Gasteiger partial charge in [-0.2, -0.15) is 0 Å². The zero-order valence-electron chi connectivity index (χ0n) is 11.9. The maximum absolute atomic E-state index is 11.3. The lowest BCUT2D eigenvalue weighted by Gasteiger charge is -2.29. The molecule has 0 spiro atoms. The minimum Gasteiger partial charge on any atom is -0.479 e. The van der Waals surface area contributed by atoms with Crippen molar-refractivity contribution < 1.29 is 19.7 Å². The minimum atomic E-state index is -1.46. The van der Waals surface area contributed by atoms with E-state index in [0.717, 1.165) is 0 Å². The second-order valence-corrected chi connectivity index (χ2v) is 6.40. The number of carbonyl (C=O) groups is 1. The highest BCUT2D eigenvalue weighted by Crippen LogP contribution is 2.48. The number of carboxylic acid groups (broad SMARTS) is 1. The Balaban J connectivity index is 2.04. The second kappa shape index (κ2) is 6.13. The van der Waals surface area contributed by atoms with E-state index in [2.05, 4.69) is 0 Å². The van der Waals surface area contributed by atoms with E-state index < -0.39 is 23.8 Å². The van der Waals surface area contributed by atoms with Crippen molar-refractivity contribution in [3.05, 3.63) is 69.7 Å². The third-order valence-corrected chi connectivity index (χ3v) is 4.53. The van der Waals surface area contributed by atoms with E-state index in [1.165, 1.54) is 0 Å². The molecule has 3 rings (SSSR count). The first kappa shape index (κ1) is 16.3. The van der Waals surface area contributed by atoms with E-state index in [1.54, 1.807) is 48.5 Å². The quantitative estimate of drug-likeness (QED) is 0.881. The van der Waals surface area contributed by atoms with Gasteiger partial charge < -0.3 is 14.9 Å². The van der Waals surface area contributed by atoms with E-state index >= 15 is 0 Å². The summed E-state index contributed by atoms with van der Waals surface area (Å²) in [7, 11) is 0. The molecule has 3 atom stereocenters. The Morgan fingerprint density at radius 2 is 1.57 bits per heavy atom. The van der Waals surface area contributed by atoms with Crippen LogP contribution in [0, 0.1) is 0 Å². The average Bonchev–Trinajstić information content (AvgIpc) is 2.88. The average molecular weight is 353 g/mol. The smallest absolute Gasteiger partial charge is 0.332 e. The van der Waals surface area contributed by atoms with Crippen LogP contribution in [-0.2, 0) is 15.1 Å². The highest BCUT2D eigenvalue weighted by atomic mass is 35.5. The van der Waals surface area contributed by atoms with E-state index in [0.29, 0.717) is 21.2 Å². The lowest BCUT2D eigenvalue weighted by molar-refractivity contribution is -0.150. The first-order valence-electron chi connectivity index (χ1n) is 7.02. The van der Waals surface area contributed by atoms with Crippen molar-refractivity contribution in [2.75, 3.05) is 0 Å². The van der Waals surface area contributed by atoms with E-state index in [-0.39, 0.29) is 6.42 Å². The topological polar surface area (TPSA) is 66.8 Å². The number of ether oxygens (including phenoxy) is 1. The molecule has 6 heteroatoms. The summed E-state index contributed by atoms with van der Waals surface area (Å²) >= 11 is 11.8. The fourth-order valence-corrected chi connectivity index (χ4v) is 3.11. The number of aliphatic carboxylic acids is 1. The molecule has 23 heavy (non-hydrogen) atoms.